The number of carbonyl (C=O) groups excluding carboxylic acids is 2. The molecule has 0 saturated heterocycles. The zero-order chi connectivity index (χ0) is 17.2. The standard InChI is InChI=1S/C18H14N4O2S/c23-16-6-4-11-8-12(3-5-14(11)20-16)17(24)22-18-21-15(10-25-18)13-2-1-7-19-9-13/h1-3,5,7-10H,4,6H2,(H,20,23)(H,21,22,24). The first kappa shape index (κ1) is 15.5. The molecule has 0 atom stereocenters. The fourth-order valence-electron chi connectivity index (χ4n) is 2.67. The molecule has 3 heterocycles. The Hall–Kier alpha value is -3.06. The van der Waals surface area contributed by atoms with Crippen molar-refractivity contribution in [3.63, 3.8) is 0 Å². The number of hydrogen-bond donors (Lipinski definition) is 2. The topological polar surface area (TPSA) is 84.0 Å². The van der Waals surface area contributed by atoms with E-state index < -0.39 is 0 Å². The van der Waals surface area contributed by atoms with Crippen molar-refractivity contribution in [3.05, 3.63) is 59.2 Å². The van der Waals surface area contributed by atoms with E-state index in [2.05, 4.69) is 20.6 Å². The lowest BCUT2D eigenvalue weighted by atomic mass is 10.0. The van der Waals surface area contributed by atoms with Gasteiger partial charge >= 0.3 is 0 Å². The second-order valence-electron chi connectivity index (χ2n) is 5.65. The summed E-state index contributed by atoms with van der Waals surface area (Å²) < 4.78 is 0. The number of aromatic nitrogens is 2. The quantitative estimate of drug-likeness (QED) is 0.759. The summed E-state index contributed by atoms with van der Waals surface area (Å²) in [5.74, 6) is -0.206. The number of nitrogens with one attached hydrogen (secondary N) is 2. The predicted molar refractivity (Wildman–Crippen MR) is 96.7 cm³/mol. The molecule has 124 valence electrons. The summed E-state index contributed by atoms with van der Waals surface area (Å²) >= 11 is 1.37. The highest BCUT2D eigenvalue weighted by Crippen LogP contribution is 2.26. The molecule has 4 rings (SSSR count). The fraction of sp³-hybridized carbons (Fsp3) is 0.111. The number of benzene rings is 1. The Morgan fingerprint density at radius 3 is 3.00 bits per heavy atom. The van der Waals surface area contributed by atoms with Crippen LogP contribution in [0.25, 0.3) is 11.3 Å². The smallest absolute Gasteiger partial charge is 0.257 e. The Labute approximate surface area is 148 Å². The number of nitrogens with zero attached hydrogens (tertiary/aromatic N) is 2. The molecule has 6 nitrogen and oxygen atoms in total. The normalized spacial score (nSPS) is 13.0. The van der Waals surface area contributed by atoms with Gasteiger partial charge in [-0.15, -0.1) is 11.3 Å². The molecule has 1 aliphatic heterocycles. The monoisotopic (exact) mass is 350 g/mol. The van der Waals surface area contributed by atoms with Gasteiger partial charge in [-0.2, -0.15) is 0 Å². The number of carbonyl (C=O) groups is 2. The van der Waals surface area contributed by atoms with E-state index in [9.17, 15) is 9.59 Å². The van der Waals surface area contributed by atoms with Gasteiger partial charge in [-0.3, -0.25) is 19.9 Å². The van der Waals surface area contributed by atoms with Crippen molar-refractivity contribution in [1.29, 1.82) is 0 Å². The lowest BCUT2D eigenvalue weighted by Crippen LogP contribution is -2.20. The molecule has 2 N–H and O–H groups in total. The summed E-state index contributed by atoms with van der Waals surface area (Å²) in [5, 5.41) is 8.06. The zero-order valence-electron chi connectivity index (χ0n) is 13.2. The zero-order valence-corrected chi connectivity index (χ0v) is 14.0. The minimum atomic E-state index is -0.216. The van der Waals surface area contributed by atoms with Gasteiger partial charge in [0.05, 0.1) is 5.69 Å². The Morgan fingerprint density at radius 1 is 1.24 bits per heavy atom. The second-order valence-corrected chi connectivity index (χ2v) is 6.51. The van der Waals surface area contributed by atoms with Crippen molar-refractivity contribution in [2.45, 2.75) is 12.8 Å². The van der Waals surface area contributed by atoms with Gasteiger partial charge in [0, 0.05) is 41.0 Å². The van der Waals surface area contributed by atoms with Crippen molar-refractivity contribution in [1.82, 2.24) is 9.97 Å². The van der Waals surface area contributed by atoms with E-state index in [1.54, 1.807) is 24.5 Å². The summed E-state index contributed by atoms with van der Waals surface area (Å²) in [6.07, 6.45) is 4.53. The minimum Gasteiger partial charge on any atom is -0.326 e. The molecule has 0 radical (unpaired) electrons. The van der Waals surface area contributed by atoms with Gasteiger partial charge in [-0.25, -0.2) is 4.98 Å². The Balaban J connectivity index is 1.51. The molecule has 0 unspecified atom stereocenters. The van der Waals surface area contributed by atoms with Gasteiger partial charge in [-0.05, 0) is 42.3 Å². The van der Waals surface area contributed by atoms with Crippen LogP contribution in [0.1, 0.15) is 22.3 Å². The van der Waals surface area contributed by atoms with E-state index in [4.69, 9.17) is 0 Å². The summed E-state index contributed by atoms with van der Waals surface area (Å²) in [7, 11) is 0. The van der Waals surface area contributed by atoms with Crippen LogP contribution in [-0.4, -0.2) is 21.8 Å². The molecular formula is C18H14N4O2S. The first-order valence-electron chi connectivity index (χ1n) is 7.79. The Kier molecular flexibility index (Phi) is 3.99. The van der Waals surface area contributed by atoms with Crippen molar-refractivity contribution < 1.29 is 9.59 Å². The van der Waals surface area contributed by atoms with Crippen molar-refractivity contribution in [2.75, 3.05) is 10.6 Å². The first-order chi connectivity index (χ1) is 12.2. The SMILES string of the molecule is O=C1CCc2cc(C(=O)Nc3nc(-c4cccnc4)cs3)ccc2N1. The Bertz CT molecular complexity index is 953. The van der Waals surface area contributed by atoms with Crippen LogP contribution in [0.15, 0.2) is 48.1 Å². The number of aryl methyl sites for hydroxylation is 1. The highest BCUT2D eigenvalue weighted by molar-refractivity contribution is 7.14. The minimum absolute atomic E-state index is 0.00965. The highest BCUT2D eigenvalue weighted by atomic mass is 32.1. The third kappa shape index (κ3) is 3.27. The maximum atomic E-state index is 12.5. The molecule has 3 aromatic rings. The summed E-state index contributed by atoms with van der Waals surface area (Å²) in [4.78, 5) is 32.4. The van der Waals surface area contributed by atoms with E-state index in [-0.39, 0.29) is 11.8 Å². The van der Waals surface area contributed by atoms with Crippen molar-refractivity contribution >= 4 is 34.0 Å². The lowest BCUT2D eigenvalue weighted by molar-refractivity contribution is -0.116. The van der Waals surface area contributed by atoms with Gasteiger partial charge in [-0.1, -0.05) is 0 Å². The Morgan fingerprint density at radius 2 is 2.16 bits per heavy atom. The van der Waals surface area contributed by atoms with E-state index in [0.717, 1.165) is 22.5 Å². The molecule has 0 saturated carbocycles. The summed E-state index contributed by atoms with van der Waals surface area (Å²) in [6, 6.07) is 9.06. The molecule has 0 bridgehead atoms. The van der Waals surface area contributed by atoms with Crippen molar-refractivity contribution in [3.8, 4) is 11.3 Å². The molecule has 2 aromatic heterocycles. The molecule has 0 aliphatic carbocycles. The van der Waals surface area contributed by atoms with E-state index in [0.29, 0.717) is 23.5 Å². The number of thiazole rings is 1. The molecular weight excluding hydrogens is 336 g/mol. The van der Waals surface area contributed by atoms with Gasteiger partial charge < -0.3 is 5.32 Å². The fourth-order valence-corrected chi connectivity index (χ4v) is 3.39. The average Bonchev–Trinajstić information content (AvgIpc) is 3.10. The number of pyridine rings is 1. The number of hydrogen-bond acceptors (Lipinski definition) is 5. The maximum absolute atomic E-state index is 12.5. The van der Waals surface area contributed by atoms with Crippen LogP contribution in [0.5, 0.6) is 0 Å². The van der Waals surface area contributed by atoms with Crippen LogP contribution in [0.4, 0.5) is 10.8 Å². The molecule has 7 heteroatoms. The molecule has 1 aliphatic rings. The molecule has 1 aromatic carbocycles. The van der Waals surface area contributed by atoms with Crippen molar-refractivity contribution in [2.24, 2.45) is 0 Å². The second kappa shape index (κ2) is 6.45. The van der Waals surface area contributed by atoms with Gasteiger partial charge in [0.25, 0.3) is 5.91 Å². The maximum Gasteiger partial charge on any atom is 0.257 e. The molecule has 25 heavy (non-hydrogen) atoms. The molecule has 2 amide bonds. The molecule has 0 spiro atoms. The van der Waals surface area contributed by atoms with E-state index >= 15 is 0 Å². The van der Waals surface area contributed by atoms with Gasteiger partial charge in [0.2, 0.25) is 5.91 Å². The summed E-state index contributed by atoms with van der Waals surface area (Å²) in [5.41, 5.74) is 3.99. The number of anilines is 2. The lowest BCUT2D eigenvalue weighted by Gasteiger charge is -2.17. The van der Waals surface area contributed by atoms with E-state index in [1.165, 1.54) is 11.3 Å². The highest BCUT2D eigenvalue weighted by Gasteiger charge is 2.17. The number of fused-ring (bicyclic) bond motifs is 1. The predicted octanol–water partition coefficient (Wildman–Crippen LogP) is 3.34. The third-order valence-electron chi connectivity index (χ3n) is 3.94. The van der Waals surface area contributed by atoms with E-state index in [1.807, 2.05) is 23.6 Å². The van der Waals surface area contributed by atoms with Gasteiger partial charge in [0.15, 0.2) is 5.13 Å². The number of rotatable bonds is 3. The summed E-state index contributed by atoms with van der Waals surface area (Å²) in [6.45, 7) is 0. The van der Waals surface area contributed by atoms with Crippen LogP contribution in [0, 0.1) is 0 Å². The third-order valence-corrected chi connectivity index (χ3v) is 4.70. The van der Waals surface area contributed by atoms with Crippen LogP contribution in [-0.2, 0) is 11.2 Å². The van der Waals surface area contributed by atoms with Crippen LogP contribution < -0.4 is 10.6 Å². The average molecular weight is 350 g/mol. The van der Waals surface area contributed by atoms with Gasteiger partial charge in [0.1, 0.15) is 0 Å². The first-order valence-corrected chi connectivity index (χ1v) is 8.67. The largest absolute Gasteiger partial charge is 0.326 e. The number of amides is 2. The van der Waals surface area contributed by atoms with Crippen LogP contribution >= 0.6 is 11.3 Å². The van der Waals surface area contributed by atoms with Crippen LogP contribution in [0.3, 0.4) is 0 Å². The molecule has 0 fully saturated rings. The van der Waals surface area contributed by atoms with Crippen LogP contribution in [0.2, 0.25) is 0 Å².